The Balaban J connectivity index is 2.17. The summed E-state index contributed by atoms with van der Waals surface area (Å²) < 4.78 is 13.5. The van der Waals surface area contributed by atoms with Crippen molar-refractivity contribution < 1.29 is 4.39 Å². The van der Waals surface area contributed by atoms with E-state index in [0.29, 0.717) is 33.1 Å². The molecule has 0 saturated heterocycles. The number of benzene rings is 1. The number of hydrogen-bond donors (Lipinski definition) is 1. The van der Waals surface area contributed by atoms with Gasteiger partial charge in [0.1, 0.15) is 16.8 Å². The number of aromatic amines is 1. The number of nitrogens with zero attached hydrogens (tertiary/aromatic N) is 2. The third-order valence-corrected chi connectivity index (χ3v) is 3.50. The van der Waals surface area contributed by atoms with Crippen molar-refractivity contribution in [1.82, 2.24) is 15.0 Å². The lowest BCUT2D eigenvalue weighted by Gasteiger charge is -1.99. The van der Waals surface area contributed by atoms with Gasteiger partial charge in [0.15, 0.2) is 5.65 Å². The molecule has 3 aromatic rings. The maximum atomic E-state index is 13.5. The molecule has 3 nitrogen and oxygen atoms in total. The zero-order chi connectivity index (χ0) is 13.6. The van der Waals surface area contributed by atoms with Crippen LogP contribution in [0.15, 0.2) is 24.3 Å². The molecule has 0 amide bonds. The van der Waals surface area contributed by atoms with Crippen LogP contribution < -0.4 is 0 Å². The zero-order valence-corrected chi connectivity index (χ0v) is 11.3. The number of aromatic nitrogens is 3. The number of nitrogens with one attached hydrogen (secondary N) is 1. The summed E-state index contributed by atoms with van der Waals surface area (Å²) in [4.78, 5) is 11.4. The van der Waals surface area contributed by atoms with E-state index in [4.69, 9.17) is 23.2 Å². The predicted octanol–water partition coefficient (Wildman–Crippen LogP) is 4.38. The molecule has 0 aliphatic rings. The summed E-state index contributed by atoms with van der Waals surface area (Å²) >= 11 is 11.7. The summed E-state index contributed by atoms with van der Waals surface area (Å²) in [5, 5.41) is 0.543. The molecule has 0 unspecified atom stereocenters. The molecule has 2 aromatic heterocycles. The van der Waals surface area contributed by atoms with E-state index < -0.39 is 0 Å². The van der Waals surface area contributed by atoms with Crippen LogP contribution in [0.4, 0.5) is 4.39 Å². The van der Waals surface area contributed by atoms with Crippen LogP contribution in [-0.2, 0) is 0 Å². The van der Waals surface area contributed by atoms with E-state index in [-0.39, 0.29) is 11.0 Å². The molecule has 0 aliphatic heterocycles. The lowest BCUT2D eigenvalue weighted by molar-refractivity contribution is 0.619. The molecule has 19 heavy (non-hydrogen) atoms. The molecular weight excluding hydrogens is 288 g/mol. The first kappa shape index (κ1) is 12.4. The Morgan fingerprint density at radius 2 is 1.95 bits per heavy atom. The minimum atomic E-state index is -0.276. The Hall–Kier alpha value is -1.65. The third-order valence-electron chi connectivity index (χ3n) is 2.83. The minimum Gasteiger partial charge on any atom is -0.337 e. The van der Waals surface area contributed by atoms with Gasteiger partial charge in [-0.15, -0.1) is 0 Å². The van der Waals surface area contributed by atoms with Crippen molar-refractivity contribution in [2.45, 2.75) is 6.92 Å². The molecule has 0 fully saturated rings. The normalized spacial score (nSPS) is 11.2. The Labute approximate surface area is 118 Å². The minimum absolute atomic E-state index is 0.197. The highest BCUT2D eigenvalue weighted by atomic mass is 35.5. The smallest absolute Gasteiger partial charge is 0.179 e. The topological polar surface area (TPSA) is 41.6 Å². The van der Waals surface area contributed by atoms with Crippen LogP contribution in [-0.4, -0.2) is 15.0 Å². The number of imidazole rings is 1. The van der Waals surface area contributed by atoms with Crippen LogP contribution in [0, 0.1) is 12.7 Å². The average molecular weight is 296 g/mol. The molecule has 0 saturated carbocycles. The van der Waals surface area contributed by atoms with Gasteiger partial charge in [0.2, 0.25) is 0 Å². The van der Waals surface area contributed by atoms with E-state index in [1.54, 1.807) is 25.1 Å². The molecule has 0 aliphatic carbocycles. The molecule has 3 rings (SSSR count). The van der Waals surface area contributed by atoms with Crippen LogP contribution in [0.3, 0.4) is 0 Å². The summed E-state index contributed by atoms with van der Waals surface area (Å²) in [5.41, 5.74) is 2.34. The summed E-state index contributed by atoms with van der Waals surface area (Å²) in [7, 11) is 0. The lowest BCUT2D eigenvalue weighted by Crippen LogP contribution is -1.85. The highest BCUT2D eigenvalue weighted by Gasteiger charge is 2.10. The van der Waals surface area contributed by atoms with Crippen molar-refractivity contribution in [3.05, 3.63) is 45.8 Å². The van der Waals surface area contributed by atoms with E-state index in [0.717, 1.165) is 0 Å². The van der Waals surface area contributed by atoms with Crippen molar-refractivity contribution >= 4 is 34.4 Å². The summed E-state index contributed by atoms with van der Waals surface area (Å²) in [6.45, 7) is 1.71. The number of aryl methyl sites for hydroxylation is 1. The SMILES string of the molecule is Cc1ccc(-c2nc3nc(Cl)c(Cl)cc3[nH]2)cc1F. The molecule has 0 spiro atoms. The second kappa shape index (κ2) is 4.47. The largest absolute Gasteiger partial charge is 0.337 e. The molecule has 0 radical (unpaired) electrons. The highest BCUT2D eigenvalue weighted by molar-refractivity contribution is 6.41. The number of pyridine rings is 1. The van der Waals surface area contributed by atoms with Gasteiger partial charge in [0, 0.05) is 5.56 Å². The van der Waals surface area contributed by atoms with Gasteiger partial charge in [-0.3, -0.25) is 0 Å². The van der Waals surface area contributed by atoms with Crippen LogP contribution in [0.25, 0.3) is 22.6 Å². The summed E-state index contributed by atoms with van der Waals surface area (Å²) in [5.74, 6) is 0.252. The first-order chi connectivity index (χ1) is 9.04. The molecule has 0 atom stereocenters. The molecule has 0 bridgehead atoms. The number of fused-ring (bicyclic) bond motifs is 1. The maximum Gasteiger partial charge on any atom is 0.179 e. The van der Waals surface area contributed by atoms with E-state index in [1.165, 1.54) is 6.07 Å². The fraction of sp³-hybridized carbons (Fsp3) is 0.0769. The van der Waals surface area contributed by atoms with E-state index in [1.807, 2.05) is 0 Å². The van der Waals surface area contributed by atoms with Gasteiger partial charge in [-0.05, 0) is 24.6 Å². The lowest BCUT2D eigenvalue weighted by atomic mass is 10.1. The number of hydrogen-bond acceptors (Lipinski definition) is 2. The first-order valence-corrected chi connectivity index (χ1v) is 6.28. The fourth-order valence-electron chi connectivity index (χ4n) is 1.77. The summed E-state index contributed by atoms with van der Waals surface area (Å²) in [6.07, 6.45) is 0. The number of halogens is 3. The highest BCUT2D eigenvalue weighted by Crippen LogP contribution is 2.26. The van der Waals surface area contributed by atoms with Gasteiger partial charge in [-0.2, -0.15) is 0 Å². The van der Waals surface area contributed by atoms with E-state index in [2.05, 4.69) is 15.0 Å². The second-order valence-corrected chi connectivity index (χ2v) is 4.95. The van der Waals surface area contributed by atoms with E-state index >= 15 is 0 Å². The Morgan fingerprint density at radius 3 is 2.68 bits per heavy atom. The molecule has 2 heterocycles. The monoisotopic (exact) mass is 295 g/mol. The van der Waals surface area contributed by atoms with E-state index in [9.17, 15) is 4.39 Å². The number of rotatable bonds is 1. The maximum absolute atomic E-state index is 13.5. The average Bonchev–Trinajstić information content (AvgIpc) is 2.76. The van der Waals surface area contributed by atoms with Crippen LogP contribution in [0.2, 0.25) is 10.2 Å². The number of H-pyrrole nitrogens is 1. The Morgan fingerprint density at radius 1 is 1.16 bits per heavy atom. The van der Waals surface area contributed by atoms with Crippen LogP contribution in [0.5, 0.6) is 0 Å². The van der Waals surface area contributed by atoms with Crippen molar-refractivity contribution in [2.24, 2.45) is 0 Å². The molecule has 1 aromatic carbocycles. The molecule has 1 N–H and O–H groups in total. The van der Waals surface area contributed by atoms with Crippen molar-refractivity contribution in [3.8, 4) is 11.4 Å². The Kier molecular flexibility index (Phi) is 2.92. The van der Waals surface area contributed by atoms with Crippen molar-refractivity contribution in [3.63, 3.8) is 0 Å². The van der Waals surface area contributed by atoms with Gasteiger partial charge in [-0.1, -0.05) is 35.3 Å². The molecule has 96 valence electrons. The fourth-order valence-corrected chi connectivity index (χ4v) is 2.06. The van der Waals surface area contributed by atoms with Crippen LogP contribution in [0.1, 0.15) is 5.56 Å². The van der Waals surface area contributed by atoms with Crippen LogP contribution >= 0.6 is 23.2 Å². The quantitative estimate of drug-likeness (QED) is 0.677. The van der Waals surface area contributed by atoms with Gasteiger partial charge >= 0.3 is 0 Å². The van der Waals surface area contributed by atoms with Gasteiger partial charge < -0.3 is 4.98 Å². The van der Waals surface area contributed by atoms with Crippen molar-refractivity contribution in [2.75, 3.05) is 0 Å². The second-order valence-electron chi connectivity index (χ2n) is 4.18. The molecule has 6 heteroatoms. The van der Waals surface area contributed by atoms with Gasteiger partial charge in [-0.25, -0.2) is 14.4 Å². The first-order valence-electron chi connectivity index (χ1n) is 5.53. The zero-order valence-electron chi connectivity index (χ0n) is 9.84. The standard InChI is InChI=1S/C13H8Cl2FN3/c1-6-2-3-7(4-9(6)16)12-17-10-5-8(14)11(15)18-13(10)19-12/h2-5H,1H3,(H,17,18,19). The third kappa shape index (κ3) is 2.17. The Bertz CT molecular complexity index is 744. The molecular formula is C13H8Cl2FN3. The predicted molar refractivity (Wildman–Crippen MR) is 74.0 cm³/mol. The summed E-state index contributed by atoms with van der Waals surface area (Å²) in [6, 6.07) is 6.56. The van der Waals surface area contributed by atoms with Crippen molar-refractivity contribution in [1.29, 1.82) is 0 Å². The van der Waals surface area contributed by atoms with Gasteiger partial charge in [0.05, 0.1) is 10.5 Å². The van der Waals surface area contributed by atoms with Gasteiger partial charge in [0.25, 0.3) is 0 Å².